The summed E-state index contributed by atoms with van der Waals surface area (Å²) in [5, 5.41) is 10.0. The lowest BCUT2D eigenvalue weighted by Gasteiger charge is -2.20. The van der Waals surface area contributed by atoms with Gasteiger partial charge in [-0.05, 0) is 98.5 Å². The molecule has 0 fully saturated rings. The Morgan fingerprint density at radius 1 is 0.875 bits per heavy atom. The van der Waals surface area contributed by atoms with Crippen molar-refractivity contribution in [2.24, 2.45) is 0 Å². The Morgan fingerprint density at radius 2 is 1.57 bits per heavy atom. The second-order valence-electron chi connectivity index (χ2n) is 10.6. The number of hydrogen-bond donors (Lipinski definition) is 1. The van der Waals surface area contributed by atoms with Crippen LogP contribution in [-0.4, -0.2) is 58.3 Å². The Morgan fingerprint density at radius 3 is 2.30 bits per heavy atom. The number of halogens is 5. The number of phenolic OH excluding ortho intramolecular Hbond substituents is 1. The lowest BCUT2D eigenvalue weighted by molar-refractivity contribution is -0.284. The minimum absolute atomic E-state index is 0.140. The Hall–Kier alpha value is -2.10. The Balaban J connectivity index is 1.41. The zero-order chi connectivity index (χ0) is 29.2. The van der Waals surface area contributed by atoms with Crippen LogP contribution in [-0.2, 0) is 17.6 Å². The van der Waals surface area contributed by atoms with E-state index < -0.39 is 36.1 Å². The summed E-state index contributed by atoms with van der Waals surface area (Å²) in [6, 6.07) is 16.2. The van der Waals surface area contributed by atoms with Crippen LogP contribution in [0.2, 0.25) is 0 Å². The van der Waals surface area contributed by atoms with Gasteiger partial charge < -0.3 is 14.6 Å². The molecular weight excluding hydrogens is 545 g/mol. The molecule has 0 spiro atoms. The summed E-state index contributed by atoms with van der Waals surface area (Å²) in [6.07, 6.45) is 0.347. The fourth-order valence-corrected chi connectivity index (χ4v) is 6.38. The highest BCUT2D eigenvalue weighted by atomic mass is 32.2. The topological polar surface area (TPSA) is 46.5 Å². The maximum absolute atomic E-state index is 13.0. The van der Waals surface area contributed by atoms with E-state index in [2.05, 4.69) is 29.2 Å². The van der Waals surface area contributed by atoms with Crippen LogP contribution >= 0.6 is 0 Å². The van der Waals surface area contributed by atoms with Gasteiger partial charge in [-0.3, -0.25) is 0 Å². The smallest absolute Gasteiger partial charge is 0.453 e. The van der Waals surface area contributed by atoms with Crippen LogP contribution in [0, 0.1) is 0 Å². The van der Waals surface area contributed by atoms with E-state index in [9.17, 15) is 31.6 Å². The SMILES string of the molecule is CN(CCCCCC1=C(c2ccccc2)CCCc2cc(O)ccc21)CCC[S+]([O-])CCCC(F)(F)C(F)(F)F. The summed E-state index contributed by atoms with van der Waals surface area (Å²) in [6.45, 7) is 1.57. The third-order valence-corrected chi connectivity index (χ3v) is 8.92. The number of aryl methyl sites for hydroxylation is 1. The van der Waals surface area contributed by atoms with Gasteiger partial charge in [-0.1, -0.05) is 54.0 Å². The van der Waals surface area contributed by atoms with E-state index in [4.69, 9.17) is 0 Å². The predicted molar refractivity (Wildman–Crippen MR) is 153 cm³/mol. The first-order valence-corrected chi connectivity index (χ1v) is 15.5. The number of hydrogen-bond acceptors (Lipinski definition) is 3. The van der Waals surface area contributed by atoms with Gasteiger partial charge in [0.2, 0.25) is 0 Å². The number of fused-ring (bicyclic) bond motifs is 1. The van der Waals surface area contributed by atoms with Crippen LogP contribution in [0.3, 0.4) is 0 Å². The lowest BCUT2D eigenvalue weighted by Crippen LogP contribution is -2.36. The van der Waals surface area contributed by atoms with Crippen molar-refractivity contribution >= 4 is 22.3 Å². The van der Waals surface area contributed by atoms with E-state index in [0.717, 1.165) is 51.5 Å². The monoisotopic (exact) mass is 585 g/mol. The first kappa shape index (κ1) is 32.4. The molecule has 0 heterocycles. The molecule has 3 nitrogen and oxygen atoms in total. The van der Waals surface area contributed by atoms with Crippen LogP contribution in [0.15, 0.2) is 48.5 Å². The fourth-order valence-electron chi connectivity index (χ4n) is 5.26. The highest BCUT2D eigenvalue weighted by Gasteiger charge is 2.56. The van der Waals surface area contributed by atoms with E-state index in [-0.39, 0.29) is 5.75 Å². The molecule has 0 bridgehead atoms. The van der Waals surface area contributed by atoms with Gasteiger partial charge in [0.05, 0.1) is 0 Å². The number of unbranched alkanes of at least 4 members (excludes halogenated alkanes) is 2. The lowest BCUT2D eigenvalue weighted by atomic mass is 9.89. The number of rotatable bonds is 15. The van der Waals surface area contributed by atoms with Crippen molar-refractivity contribution < 1.29 is 31.6 Å². The molecule has 0 saturated heterocycles. The fraction of sp³-hybridized carbons (Fsp3) is 0.548. The van der Waals surface area contributed by atoms with Crippen LogP contribution < -0.4 is 0 Å². The van der Waals surface area contributed by atoms with Gasteiger partial charge in [-0.2, -0.15) is 22.0 Å². The van der Waals surface area contributed by atoms with Crippen LogP contribution in [0.4, 0.5) is 22.0 Å². The Labute approximate surface area is 237 Å². The summed E-state index contributed by atoms with van der Waals surface area (Å²) >= 11 is -1.40. The number of alkyl halides is 5. The number of benzene rings is 2. The third-order valence-electron chi connectivity index (χ3n) is 7.43. The van der Waals surface area contributed by atoms with Crippen LogP contribution in [0.1, 0.15) is 74.5 Å². The molecule has 2 aromatic rings. The normalized spacial score (nSPS) is 15.3. The maximum atomic E-state index is 13.0. The highest BCUT2D eigenvalue weighted by molar-refractivity contribution is 7.91. The minimum atomic E-state index is -5.55. The number of aromatic hydroxyl groups is 1. The molecule has 2 aromatic carbocycles. The van der Waals surface area contributed by atoms with E-state index in [1.807, 2.05) is 25.2 Å². The molecule has 1 unspecified atom stereocenters. The maximum Gasteiger partial charge on any atom is 0.453 e. The average Bonchev–Trinajstić information content (AvgIpc) is 3.07. The van der Waals surface area contributed by atoms with Crippen LogP contribution in [0.25, 0.3) is 11.1 Å². The highest BCUT2D eigenvalue weighted by Crippen LogP contribution is 2.40. The zero-order valence-electron chi connectivity index (χ0n) is 23.1. The van der Waals surface area contributed by atoms with Gasteiger partial charge in [0.25, 0.3) is 0 Å². The molecule has 1 aliphatic rings. The largest absolute Gasteiger partial charge is 0.616 e. The summed E-state index contributed by atoms with van der Waals surface area (Å²) in [7, 11) is 1.98. The molecule has 222 valence electrons. The molecule has 1 aliphatic carbocycles. The predicted octanol–water partition coefficient (Wildman–Crippen LogP) is 8.25. The van der Waals surface area contributed by atoms with Crippen molar-refractivity contribution in [3.8, 4) is 5.75 Å². The summed E-state index contributed by atoms with van der Waals surface area (Å²) in [5.74, 6) is -4.26. The van der Waals surface area contributed by atoms with Gasteiger partial charge in [-0.15, -0.1) is 0 Å². The van der Waals surface area contributed by atoms with Crippen molar-refractivity contribution in [3.63, 3.8) is 0 Å². The first-order chi connectivity index (χ1) is 19.0. The summed E-state index contributed by atoms with van der Waals surface area (Å²) < 4.78 is 74.6. The average molecular weight is 586 g/mol. The van der Waals surface area contributed by atoms with Gasteiger partial charge in [0.1, 0.15) is 17.3 Å². The standard InChI is InChI=1S/C31H40F5NO2S/c1-37(20-10-22-40(39)21-9-18-30(32,33)31(34,35)36)19-7-3-6-14-29-27(24-11-4-2-5-12-24)15-8-13-25-23-26(38)16-17-28(25)29/h2,4-5,11-12,16-17,23,38H,3,6-10,13-15,18-22H2,1H3. The molecule has 1 N–H and O–H groups in total. The second-order valence-corrected chi connectivity index (χ2v) is 12.3. The quantitative estimate of drug-likeness (QED) is 0.130. The molecule has 0 amide bonds. The third kappa shape index (κ3) is 9.77. The molecule has 9 heteroatoms. The van der Waals surface area contributed by atoms with Crippen molar-refractivity contribution in [1.82, 2.24) is 4.90 Å². The second kappa shape index (κ2) is 15.2. The minimum Gasteiger partial charge on any atom is -0.616 e. The molecule has 0 aliphatic heterocycles. The van der Waals surface area contributed by atoms with E-state index in [0.29, 0.717) is 24.5 Å². The van der Waals surface area contributed by atoms with Crippen LogP contribution in [0.5, 0.6) is 5.75 Å². The molecule has 0 aromatic heterocycles. The van der Waals surface area contributed by atoms with E-state index in [1.54, 1.807) is 6.07 Å². The molecule has 3 rings (SSSR count). The molecular formula is C31H40F5NO2S. The Bertz CT molecular complexity index is 1090. The number of phenols is 1. The molecule has 0 saturated carbocycles. The zero-order valence-corrected chi connectivity index (χ0v) is 23.9. The van der Waals surface area contributed by atoms with E-state index in [1.165, 1.54) is 27.8 Å². The number of nitrogens with zero attached hydrogens (tertiary/aromatic N) is 1. The van der Waals surface area contributed by atoms with Gasteiger partial charge in [0, 0.05) is 19.4 Å². The van der Waals surface area contributed by atoms with Crippen molar-refractivity contribution in [1.29, 1.82) is 0 Å². The van der Waals surface area contributed by atoms with Gasteiger partial charge >= 0.3 is 12.1 Å². The summed E-state index contributed by atoms with van der Waals surface area (Å²) in [5.41, 5.74) is 6.44. The van der Waals surface area contributed by atoms with Crippen molar-refractivity contribution in [2.45, 2.75) is 76.3 Å². The van der Waals surface area contributed by atoms with E-state index >= 15 is 0 Å². The first-order valence-electron chi connectivity index (χ1n) is 14.1. The van der Waals surface area contributed by atoms with Crippen molar-refractivity contribution in [2.75, 3.05) is 31.6 Å². The van der Waals surface area contributed by atoms with Gasteiger partial charge in [-0.25, -0.2) is 0 Å². The Kier molecular flexibility index (Phi) is 12.3. The van der Waals surface area contributed by atoms with Crippen molar-refractivity contribution in [3.05, 3.63) is 65.2 Å². The molecule has 0 radical (unpaired) electrons. The number of allylic oxidation sites excluding steroid dienone is 2. The molecule has 40 heavy (non-hydrogen) atoms. The van der Waals surface area contributed by atoms with Gasteiger partial charge in [0.15, 0.2) is 0 Å². The summed E-state index contributed by atoms with van der Waals surface area (Å²) in [4.78, 5) is 2.15. The molecule has 1 atom stereocenters.